The molecule has 0 spiro atoms. The monoisotopic (exact) mass is 515 g/mol. The van der Waals surface area contributed by atoms with Crippen molar-refractivity contribution < 1.29 is 9.47 Å². The van der Waals surface area contributed by atoms with E-state index in [1.54, 1.807) is 0 Å². The molecular formula is C33H42NO2P. The van der Waals surface area contributed by atoms with Gasteiger partial charge >= 0.3 is 0 Å². The van der Waals surface area contributed by atoms with Crippen molar-refractivity contribution in [2.45, 2.75) is 70.8 Å². The Labute approximate surface area is 225 Å². The molecule has 4 rings (SSSR count). The first-order valence-electron chi connectivity index (χ1n) is 14.1. The predicted octanol–water partition coefficient (Wildman–Crippen LogP) is 7.29. The van der Waals surface area contributed by atoms with Crippen LogP contribution in [0.1, 0.15) is 69.8 Å². The number of ether oxygens (including phenoxy) is 2. The molecule has 4 heteroatoms. The summed E-state index contributed by atoms with van der Waals surface area (Å²) < 4.78 is 11.5. The third-order valence-corrected chi connectivity index (χ3v) is 9.26. The molecule has 0 amide bonds. The van der Waals surface area contributed by atoms with Crippen LogP contribution in [0, 0.1) is 0 Å². The number of unbranched alkanes of at least 4 members (excludes halogenated alkanes) is 8. The molecule has 196 valence electrons. The standard InChI is InChI=1S/C33H42NO2P/c1(2-4-6-14-20-33-34-25-27-36-33)3-5-7-15-26-35-28-29-21-23-32(24-22-29)37(30-16-10-8-11-17-30)31-18-12-9-13-19-31/h8-13,16-19,21-24H,1-7,14-15,20,25-28H2. The highest BCUT2D eigenvalue weighted by molar-refractivity contribution is 7.79. The number of nitrogens with zero attached hydrogens (tertiary/aromatic N) is 1. The Morgan fingerprint density at radius 2 is 1.16 bits per heavy atom. The molecule has 1 aliphatic rings. The fraction of sp³-hybridized carbons (Fsp3) is 0.424. The predicted molar refractivity (Wildman–Crippen MR) is 159 cm³/mol. The van der Waals surface area contributed by atoms with Crippen molar-refractivity contribution in [1.82, 2.24) is 0 Å². The van der Waals surface area contributed by atoms with Gasteiger partial charge in [-0.3, -0.25) is 4.99 Å². The van der Waals surface area contributed by atoms with Gasteiger partial charge in [-0.25, -0.2) is 0 Å². The fourth-order valence-electron chi connectivity index (χ4n) is 4.78. The number of hydrogen-bond donors (Lipinski definition) is 0. The average molecular weight is 516 g/mol. The van der Waals surface area contributed by atoms with E-state index in [1.807, 2.05) is 0 Å². The summed E-state index contributed by atoms with van der Waals surface area (Å²) in [5.74, 6) is 0.986. The Hall–Kier alpha value is -2.48. The second kappa shape index (κ2) is 16.4. The molecule has 0 saturated carbocycles. The molecule has 0 unspecified atom stereocenters. The maximum absolute atomic E-state index is 5.99. The summed E-state index contributed by atoms with van der Waals surface area (Å²) in [5.41, 5.74) is 1.26. The molecule has 3 nitrogen and oxygen atoms in total. The van der Waals surface area contributed by atoms with Crippen molar-refractivity contribution in [3.63, 3.8) is 0 Å². The van der Waals surface area contributed by atoms with Gasteiger partial charge in [0, 0.05) is 13.0 Å². The van der Waals surface area contributed by atoms with E-state index >= 15 is 0 Å². The highest BCUT2D eigenvalue weighted by atomic mass is 31.1. The molecule has 0 saturated heterocycles. The molecule has 37 heavy (non-hydrogen) atoms. The van der Waals surface area contributed by atoms with Gasteiger partial charge in [-0.15, -0.1) is 0 Å². The van der Waals surface area contributed by atoms with Crippen LogP contribution in [-0.2, 0) is 16.1 Å². The Balaban J connectivity index is 1.07. The average Bonchev–Trinajstić information content (AvgIpc) is 3.47. The van der Waals surface area contributed by atoms with Gasteiger partial charge in [0.15, 0.2) is 5.90 Å². The molecule has 0 aromatic heterocycles. The zero-order valence-corrected chi connectivity index (χ0v) is 23.1. The van der Waals surface area contributed by atoms with E-state index in [9.17, 15) is 0 Å². The van der Waals surface area contributed by atoms with Gasteiger partial charge in [-0.1, -0.05) is 130 Å². The van der Waals surface area contributed by atoms with Crippen molar-refractivity contribution in [3.05, 3.63) is 90.5 Å². The lowest BCUT2D eigenvalue weighted by Crippen LogP contribution is -2.20. The van der Waals surface area contributed by atoms with E-state index in [1.165, 1.54) is 72.8 Å². The Morgan fingerprint density at radius 1 is 0.622 bits per heavy atom. The van der Waals surface area contributed by atoms with Crippen molar-refractivity contribution >= 4 is 29.7 Å². The second-order valence-electron chi connectivity index (χ2n) is 9.78. The van der Waals surface area contributed by atoms with E-state index < -0.39 is 7.92 Å². The second-order valence-corrected chi connectivity index (χ2v) is 12.0. The lowest BCUT2D eigenvalue weighted by atomic mass is 10.1. The van der Waals surface area contributed by atoms with Crippen LogP contribution >= 0.6 is 7.92 Å². The molecule has 0 radical (unpaired) electrons. The maximum Gasteiger partial charge on any atom is 0.183 e. The van der Waals surface area contributed by atoms with Gasteiger partial charge in [-0.05, 0) is 42.2 Å². The number of hydrogen-bond acceptors (Lipinski definition) is 3. The van der Waals surface area contributed by atoms with Crippen LogP contribution < -0.4 is 15.9 Å². The maximum atomic E-state index is 5.99. The van der Waals surface area contributed by atoms with E-state index in [4.69, 9.17) is 9.47 Å². The smallest absolute Gasteiger partial charge is 0.183 e. The van der Waals surface area contributed by atoms with Crippen molar-refractivity contribution in [3.8, 4) is 0 Å². The Morgan fingerprint density at radius 3 is 1.73 bits per heavy atom. The highest BCUT2D eigenvalue weighted by Crippen LogP contribution is 2.32. The van der Waals surface area contributed by atoms with Gasteiger partial charge < -0.3 is 9.47 Å². The molecule has 3 aromatic rings. The van der Waals surface area contributed by atoms with Gasteiger partial charge in [0.05, 0.1) is 13.2 Å². The summed E-state index contributed by atoms with van der Waals surface area (Å²) in [6.07, 6.45) is 12.7. The minimum Gasteiger partial charge on any atom is -0.479 e. The summed E-state index contributed by atoms with van der Waals surface area (Å²) in [7, 11) is -0.542. The Kier molecular flexibility index (Phi) is 12.2. The topological polar surface area (TPSA) is 30.8 Å². The SMILES string of the molecule is c1ccc(P(c2ccccc2)c2ccc(COCCCCCCCCCCCC3=NCCO3)cc2)cc1. The van der Waals surface area contributed by atoms with Crippen molar-refractivity contribution in [2.24, 2.45) is 4.99 Å². The van der Waals surface area contributed by atoms with Crippen molar-refractivity contribution in [1.29, 1.82) is 0 Å². The zero-order valence-electron chi connectivity index (χ0n) is 22.2. The largest absolute Gasteiger partial charge is 0.479 e. The molecule has 1 aliphatic heterocycles. The summed E-state index contributed by atoms with van der Waals surface area (Å²) in [5, 5.41) is 4.16. The van der Waals surface area contributed by atoms with Gasteiger partial charge in [0.2, 0.25) is 0 Å². The minimum atomic E-state index is -0.542. The molecule has 0 aliphatic carbocycles. The van der Waals surface area contributed by atoms with Gasteiger partial charge in [-0.2, -0.15) is 0 Å². The molecule has 0 atom stereocenters. The quantitative estimate of drug-likeness (QED) is 0.140. The first-order valence-corrected chi connectivity index (χ1v) is 15.5. The van der Waals surface area contributed by atoms with E-state index in [2.05, 4.69) is 89.9 Å². The minimum absolute atomic E-state index is 0.542. The highest BCUT2D eigenvalue weighted by Gasteiger charge is 2.15. The number of aliphatic imine (C=N–C) groups is 1. The fourth-order valence-corrected chi connectivity index (χ4v) is 7.06. The van der Waals surface area contributed by atoms with Crippen LogP contribution in [0.25, 0.3) is 0 Å². The summed E-state index contributed by atoms with van der Waals surface area (Å²) in [6, 6.07) is 30.8. The number of rotatable bonds is 17. The molecule has 0 N–H and O–H groups in total. The molecule has 1 heterocycles. The molecule has 0 bridgehead atoms. The lowest BCUT2D eigenvalue weighted by Gasteiger charge is -2.19. The zero-order chi connectivity index (χ0) is 25.4. The van der Waals surface area contributed by atoms with Crippen LogP contribution in [0.4, 0.5) is 0 Å². The molecule has 0 fully saturated rings. The molecular weight excluding hydrogens is 473 g/mol. The Bertz CT molecular complexity index is 997. The van der Waals surface area contributed by atoms with Crippen LogP contribution in [0.3, 0.4) is 0 Å². The molecule has 3 aromatic carbocycles. The van der Waals surface area contributed by atoms with Crippen molar-refractivity contribution in [2.75, 3.05) is 19.8 Å². The first kappa shape index (κ1) is 27.6. The van der Waals surface area contributed by atoms with E-state index in [-0.39, 0.29) is 0 Å². The van der Waals surface area contributed by atoms with Crippen LogP contribution in [0.5, 0.6) is 0 Å². The first-order chi connectivity index (χ1) is 18.4. The third-order valence-electron chi connectivity index (χ3n) is 6.82. The summed E-state index contributed by atoms with van der Waals surface area (Å²) >= 11 is 0. The van der Waals surface area contributed by atoms with Gasteiger partial charge in [0.25, 0.3) is 0 Å². The van der Waals surface area contributed by atoms with Crippen LogP contribution in [0.15, 0.2) is 89.9 Å². The lowest BCUT2D eigenvalue weighted by molar-refractivity contribution is 0.116. The van der Waals surface area contributed by atoms with E-state index in [0.717, 1.165) is 38.5 Å². The third kappa shape index (κ3) is 9.72. The number of benzene rings is 3. The summed E-state index contributed by atoms with van der Waals surface area (Å²) in [4.78, 5) is 4.36. The van der Waals surface area contributed by atoms with Crippen LogP contribution in [-0.4, -0.2) is 25.7 Å². The van der Waals surface area contributed by atoms with Crippen LogP contribution in [0.2, 0.25) is 0 Å². The van der Waals surface area contributed by atoms with E-state index in [0.29, 0.717) is 6.61 Å². The summed E-state index contributed by atoms with van der Waals surface area (Å²) in [6.45, 7) is 3.21. The normalized spacial score (nSPS) is 13.1. The van der Waals surface area contributed by atoms with Gasteiger partial charge in [0.1, 0.15) is 6.61 Å².